The Morgan fingerprint density at radius 1 is 1.33 bits per heavy atom. The molecule has 0 fully saturated rings. The summed E-state index contributed by atoms with van der Waals surface area (Å²) in [6, 6.07) is 6.75. The largest absolute Gasteiger partial charge is 0.395 e. The molecule has 110 valence electrons. The summed E-state index contributed by atoms with van der Waals surface area (Å²) in [7, 11) is 0. The number of carbonyl (C=O) groups is 2. The van der Waals surface area contributed by atoms with Crippen molar-refractivity contribution >= 4 is 17.5 Å². The van der Waals surface area contributed by atoms with Gasteiger partial charge in [0, 0.05) is 12.2 Å². The van der Waals surface area contributed by atoms with Gasteiger partial charge in [-0.1, -0.05) is 6.07 Å². The number of aliphatic hydroxyl groups excluding tert-OH is 1. The van der Waals surface area contributed by atoms with Crippen LogP contribution in [-0.2, 0) is 9.59 Å². The standard InChI is InChI=1S/C12H14N6O3/c1-8-15-16-17-18(8)10-4-2-3-9(7-10)14-12(21)11(20)13-5-6-19/h2-4,7,19H,5-6H2,1H3,(H,13,20)(H,14,21). The van der Waals surface area contributed by atoms with Gasteiger partial charge in [-0.2, -0.15) is 4.68 Å². The predicted molar refractivity (Wildman–Crippen MR) is 72.6 cm³/mol. The molecular formula is C12H14N6O3. The number of nitrogens with one attached hydrogen (secondary N) is 2. The van der Waals surface area contributed by atoms with Gasteiger partial charge < -0.3 is 15.7 Å². The summed E-state index contributed by atoms with van der Waals surface area (Å²) in [4.78, 5) is 23.0. The molecule has 2 rings (SSSR count). The molecule has 0 unspecified atom stereocenters. The molecule has 21 heavy (non-hydrogen) atoms. The molecule has 1 aromatic carbocycles. The van der Waals surface area contributed by atoms with Crippen LogP contribution in [-0.4, -0.2) is 50.3 Å². The number of hydrogen-bond acceptors (Lipinski definition) is 6. The normalized spacial score (nSPS) is 10.2. The number of tetrazole rings is 1. The topological polar surface area (TPSA) is 122 Å². The van der Waals surface area contributed by atoms with Crippen molar-refractivity contribution in [1.82, 2.24) is 25.5 Å². The summed E-state index contributed by atoms with van der Waals surface area (Å²) in [5, 5.41) is 24.4. The van der Waals surface area contributed by atoms with Crippen molar-refractivity contribution in [3.63, 3.8) is 0 Å². The molecule has 0 saturated heterocycles. The highest BCUT2D eigenvalue weighted by Gasteiger charge is 2.13. The summed E-state index contributed by atoms with van der Waals surface area (Å²) in [6.45, 7) is 1.54. The fraction of sp³-hybridized carbons (Fsp3) is 0.250. The average molecular weight is 290 g/mol. The molecule has 3 N–H and O–H groups in total. The van der Waals surface area contributed by atoms with E-state index in [4.69, 9.17) is 5.11 Å². The van der Waals surface area contributed by atoms with Gasteiger partial charge in [-0.15, -0.1) is 5.10 Å². The minimum absolute atomic E-state index is 0.0239. The maximum Gasteiger partial charge on any atom is 0.313 e. The summed E-state index contributed by atoms with van der Waals surface area (Å²) >= 11 is 0. The summed E-state index contributed by atoms with van der Waals surface area (Å²) in [5.41, 5.74) is 1.10. The van der Waals surface area contributed by atoms with E-state index in [0.717, 1.165) is 0 Å². The number of benzene rings is 1. The third-order valence-electron chi connectivity index (χ3n) is 2.58. The number of aryl methyl sites for hydroxylation is 1. The van der Waals surface area contributed by atoms with Gasteiger partial charge in [0.25, 0.3) is 0 Å². The van der Waals surface area contributed by atoms with E-state index >= 15 is 0 Å². The van der Waals surface area contributed by atoms with Crippen molar-refractivity contribution in [3.8, 4) is 5.69 Å². The van der Waals surface area contributed by atoms with Crippen LogP contribution in [0.1, 0.15) is 5.82 Å². The first kappa shape index (κ1) is 14.6. The lowest BCUT2D eigenvalue weighted by atomic mass is 10.2. The molecule has 2 aromatic rings. The van der Waals surface area contributed by atoms with E-state index in [2.05, 4.69) is 26.2 Å². The van der Waals surface area contributed by atoms with Crippen LogP contribution in [0.2, 0.25) is 0 Å². The summed E-state index contributed by atoms with van der Waals surface area (Å²) in [5.74, 6) is -1.03. The molecule has 2 amide bonds. The number of carbonyl (C=O) groups excluding carboxylic acids is 2. The van der Waals surface area contributed by atoms with Crippen LogP contribution in [0, 0.1) is 6.92 Å². The first-order valence-corrected chi connectivity index (χ1v) is 6.17. The minimum atomic E-state index is -0.812. The Morgan fingerprint density at radius 3 is 2.81 bits per heavy atom. The van der Waals surface area contributed by atoms with Gasteiger partial charge >= 0.3 is 11.8 Å². The lowest BCUT2D eigenvalue weighted by Gasteiger charge is -2.07. The fourth-order valence-corrected chi connectivity index (χ4v) is 1.62. The monoisotopic (exact) mass is 290 g/mol. The zero-order chi connectivity index (χ0) is 15.2. The molecule has 9 heteroatoms. The number of aromatic nitrogens is 4. The average Bonchev–Trinajstić information content (AvgIpc) is 2.91. The van der Waals surface area contributed by atoms with Gasteiger partial charge in [0.15, 0.2) is 5.82 Å². The molecule has 0 atom stereocenters. The van der Waals surface area contributed by atoms with Crippen molar-refractivity contribution in [3.05, 3.63) is 30.1 Å². The SMILES string of the molecule is Cc1nnnn1-c1cccc(NC(=O)C(=O)NCCO)c1. The van der Waals surface area contributed by atoms with E-state index in [0.29, 0.717) is 17.2 Å². The summed E-state index contributed by atoms with van der Waals surface area (Å²) in [6.07, 6.45) is 0. The predicted octanol–water partition coefficient (Wildman–Crippen LogP) is -0.982. The Bertz CT molecular complexity index is 654. The minimum Gasteiger partial charge on any atom is -0.395 e. The molecule has 0 aliphatic heterocycles. The molecule has 0 spiro atoms. The van der Waals surface area contributed by atoms with Crippen LogP contribution in [0.3, 0.4) is 0 Å². The Morgan fingerprint density at radius 2 is 2.14 bits per heavy atom. The fourth-order valence-electron chi connectivity index (χ4n) is 1.62. The molecule has 9 nitrogen and oxygen atoms in total. The van der Waals surface area contributed by atoms with Crippen molar-refractivity contribution in [2.24, 2.45) is 0 Å². The number of nitrogens with zero attached hydrogens (tertiary/aromatic N) is 4. The lowest BCUT2D eigenvalue weighted by Crippen LogP contribution is -2.36. The highest BCUT2D eigenvalue weighted by molar-refractivity contribution is 6.39. The Labute approximate surface area is 120 Å². The van der Waals surface area contributed by atoms with E-state index in [-0.39, 0.29) is 13.2 Å². The van der Waals surface area contributed by atoms with Gasteiger partial charge in [0.2, 0.25) is 0 Å². The number of aliphatic hydroxyl groups is 1. The number of anilines is 1. The second-order valence-electron chi connectivity index (χ2n) is 4.12. The van der Waals surface area contributed by atoms with Crippen LogP contribution in [0.5, 0.6) is 0 Å². The molecule has 1 aromatic heterocycles. The van der Waals surface area contributed by atoms with Gasteiger partial charge in [-0.25, -0.2) is 0 Å². The van der Waals surface area contributed by atoms with Crippen LogP contribution in [0.4, 0.5) is 5.69 Å². The molecule has 0 bridgehead atoms. The maximum absolute atomic E-state index is 11.6. The molecule has 1 heterocycles. The number of amides is 2. The molecule has 0 radical (unpaired) electrons. The Hall–Kier alpha value is -2.81. The Balaban J connectivity index is 2.10. The van der Waals surface area contributed by atoms with E-state index in [1.54, 1.807) is 31.2 Å². The first-order valence-electron chi connectivity index (χ1n) is 6.17. The van der Waals surface area contributed by atoms with Gasteiger partial charge in [-0.3, -0.25) is 9.59 Å². The highest BCUT2D eigenvalue weighted by Crippen LogP contribution is 2.14. The zero-order valence-electron chi connectivity index (χ0n) is 11.3. The first-order chi connectivity index (χ1) is 10.1. The van der Waals surface area contributed by atoms with Gasteiger partial charge in [-0.05, 0) is 35.5 Å². The van der Waals surface area contributed by atoms with Gasteiger partial charge in [0.1, 0.15) is 0 Å². The van der Waals surface area contributed by atoms with Crippen LogP contribution in [0.15, 0.2) is 24.3 Å². The van der Waals surface area contributed by atoms with Crippen LogP contribution in [0.25, 0.3) is 5.69 Å². The van der Waals surface area contributed by atoms with Crippen LogP contribution < -0.4 is 10.6 Å². The second-order valence-corrected chi connectivity index (χ2v) is 4.12. The quantitative estimate of drug-likeness (QED) is 0.622. The molecule has 0 aliphatic carbocycles. The van der Waals surface area contributed by atoms with Gasteiger partial charge in [0.05, 0.1) is 12.3 Å². The van der Waals surface area contributed by atoms with Crippen molar-refractivity contribution < 1.29 is 14.7 Å². The Kier molecular flexibility index (Phi) is 4.57. The van der Waals surface area contributed by atoms with Crippen molar-refractivity contribution in [2.75, 3.05) is 18.5 Å². The molecular weight excluding hydrogens is 276 g/mol. The van der Waals surface area contributed by atoms with Crippen molar-refractivity contribution in [2.45, 2.75) is 6.92 Å². The van der Waals surface area contributed by atoms with E-state index in [1.807, 2.05) is 0 Å². The van der Waals surface area contributed by atoms with E-state index in [1.165, 1.54) is 4.68 Å². The number of rotatable bonds is 4. The second kappa shape index (κ2) is 6.57. The zero-order valence-corrected chi connectivity index (χ0v) is 11.3. The van der Waals surface area contributed by atoms with Crippen LogP contribution >= 0.6 is 0 Å². The molecule has 0 saturated carbocycles. The third-order valence-corrected chi connectivity index (χ3v) is 2.58. The third kappa shape index (κ3) is 3.60. The molecule has 0 aliphatic rings. The summed E-state index contributed by atoms with van der Waals surface area (Å²) < 4.78 is 1.50. The maximum atomic E-state index is 11.6. The van der Waals surface area contributed by atoms with E-state index in [9.17, 15) is 9.59 Å². The van der Waals surface area contributed by atoms with E-state index < -0.39 is 11.8 Å². The smallest absolute Gasteiger partial charge is 0.313 e. The highest BCUT2D eigenvalue weighted by atomic mass is 16.3. The number of hydrogen-bond donors (Lipinski definition) is 3. The van der Waals surface area contributed by atoms with Crippen molar-refractivity contribution in [1.29, 1.82) is 0 Å². The lowest BCUT2D eigenvalue weighted by molar-refractivity contribution is -0.136.